The molecule has 2 aliphatic carbocycles. The predicted molar refractivity (Wildman–Crippen MR) is 239 cm³/mol. The molecule has 0 amide bonds. The molecule has 3 heteroatoms. The van der Waals surface area contributed by atoms with E-state index in [-0.39, 0.29) is 0 Å². The van der Waals surface area contributed by atoms with Crippen molar-refractivity contribution in [1.82, 2.24) is 9.13 Å². The Labute approximate surface area is 336 Å². The number of ether oxygens (including phenoxy) is 1. The molecule has 0 radical (unpaired) electrons. The van der Waals surface area contributed by atoms with Gasteiger partial charge in [-0.05, 0) is 113 Å². The molecular formula is C55H36N2O. The Balaban J connectivity index is 1.04. The SMILES string of the molecule is C1=CCCC(n2c3ccc(-c4ccc(-n5c6ccccc6c6ccccc65)cc4)cc3c3cc4c(cc32)C2(c3ccccc3Oc3ccccc32)c2ccccc2-4)=C1. The van der Waals surface area contributed by atoms with Gasteiger partial charge in [0.15, 0.2) is 0 Å². The largest absolute Gasteiger partial charge is 0.457 e. The molecule has 1 spiro atoms. The van der Waals surface area contributed by atoms with Gasteiger partial charge in [0.1, 0.15) is 11.5 Å². The van der Waals surface area contributed by atoms with Crippen LogP contribution < -0.4 is 4.74 Å². The molecule has 272 valence electrons. The molecule has 0 fully saturated rings. The molecule has 13 rings (SSSR count). The smallest absolute Gasteiger partial charge is 0.132 e. The summed E-state index contributed by atoms with van der Waals surface area (Å²) in [6, 6.07) is 64.9. The van der Waals surface area contributed by atoms with Crippen LogP contribution in [0.2, 0.25) is 0 Å². The van der Waals surface area contributed by atoms with E-state index >= 15 is 0 Å². The van der Waals surface area contributed by atoms with E-state index < -0.39 is 5.41 Å². The number of allylic oxidation sites excluding steroid dienone is 4. The topological polar surface area (TPSA) is 19.1 Å². The summed E-state index contributed by atoms with van der Waals surface area (Å²) in [4.78, 5) is 0. The minimum Gasteiger partial charge on any atom is -0.457 e. The van der Waals surface area contributed by atoms with Crippen molar-refractivity contribution in [3.05, 3.63) is 216 Å². The lowest BCUT2D eigenvalue weighted by atomic mass is 9.66. The lowest BCUT2D eigenvalue weighted by Gasteiger charge is -2.39. The van der Waals surface area contributed by atoms with Crippen LogP contribution in [0, 0.1) is 0 Å². The number of para-hydroxylation sites is 4. The summed E-state index contributed by atoms with van der Waals surface area (Å²) in [5, 5.41) is 5.09. The zero-order valence-corrected chi connectivity index (χ0v) is 31.7. The molecule has 0 atom stereocenters. The van der Waals surface area contributed by atoms with E-state index in [1.807, 2.05) is 0 Å². The summed E-state index contributed by atoms with van der Waals surface area (Å²) in [5.41, 5.74) is 16.9. The zero-order valence-electron chi connectivity index (χ0n) is 31.7. The molecular weight excluding hydrogens is 705 g/mol. The molecule has 10 aromatic rings. The normalized spacial score (nSPS) is 14.7. The van der Waals surface area contributed by atoms with Crippen LogP contribution in [-0.2, 0) is 5.41 Å². The summed E-state index contributed by atoms with van der Waals surface area (Å²) in [6.07, 6.45) is 8.82. The van der Waals surface area contributed by atoms with Crippen LogP contribution in [0.4, 0.5) is 0 Å². The van der Waals surface area contributed by atoms with Crippen LogP contribution in [-0.4, -0.2) is 9.13 Å². The maximum atomic E-state index is 6.65. The average molecular weight is 741 g/mol. The van der Waals surface area contributed by atoms with Crippen LogP contribution >= 0.6 is 0 Å². The van der Waals surface area contributed by atoms with E-state index in [9.17, 15) is 0 Å². The Morgan fingerprint density at radius 3 is 1.74 bits per heavy atom. The molecule has 8 aromatic carbocycles. The zero-order chi connectivity index (χ0) is 38.0. The van der Waals surface area contributed by atoms with Gasteiger partial charge in [0.25, 0.3) is 0 Å². The number of aromatic nitrogens is 2. The van der Waals surface area contributed by atoms with Crippen LogP contribution in [0.25, 0.3) is 77.2 Å². The number of hydrogen-bond acceptors (Lipinski definition) is 1. The predicted octanol–water partition coefficient (Wildman–Crippen LogP) is 14.2. The van der Waals surface area contributed by atoms with E-state index in [0.29, 0.717) is 0 Å². The van der Waals surface area contributed by atoms with Crippen molar-refractivity contribution in [1.29, 1.82) is 0 Å². The second-order valence-corrected chi connectivity index (χ2v) is 15.9. The molecule has 0 unspecified atom stereocenters. The maximum absolute atomic E-state index is 6.65. The first-order valence-corrected chi connectivity index (χ1v) is 20.3. The van der Waals surface area contributed by atoms with Gasteiger partial charge in [-0.1, -0.05) is 127 Å². The minimum absolute atomic E-state index is 0.517. The van der Waals surface area contributed by atoms with Crippen molar-refractivity contribution in [2.75, 3.05) is 0 Å². The third kappa shape index (κ3) is 4.17. The summed E-state index contributed by atoms with van der Waals surface area (Å²) in [5.74, 6) is 1.83. The molecule has 0 saturated heterocycles. The molecule has 0 saturated carbocycles. The van der Waals surface area contributed by atoms with Gasteiger partial charge >= 0.3 is 0 Å². The van der Waals surface area contributed by atoms with Crippen molar-refractivity contribution in [3.8, 4) is 39.4 Å². The fourth-order valence-electron chi connectivity index (χ4n) is 10.6. The van der Waals surface area contributed by atoms with E-state index in [2.05, 4.69) is 203 Å². The Bertz CT molecular complexity index is 3330. The first-order valence-electron chi connectivity index (χ1n) is 20.3. The number of nitrogens with zero attached hydrogens (tertiary/aromatic N) is 2. The fourth-order valence-corrected chi connectivity index (χ4v) is 10.6. The molecule has 2 aromatic heterocycles. The highest BCUT2D eigenvalue weighted by atomic mass is 16.5. The highest BCUT2D eigenvalue weighted by molar-refractivity contribution is 6.14. The summed E-state index contributed by atoms with van der Waals surface area (Å²) in [7, 11) is 0. The quantitative estimate of drug-likeness (QED) is 0.176. The molecule has 0 N–H and O–H groups in total. The number of fused-ring (bicyclic) bond motifs is 15. The molecule has 1 aliphatic heterocycles. The van der Waals surface area contributed by atoms with Crippen molar-refractivity contribution < 1.29 is 4.74 Å². The molecule has 3 heterocycles. The summed E-state index contributed by atoms with van der Waals surface area (Å²) < 4.78 is 11.6. The van der Waals surface area contributed by atoms with Crippen molar-refractivity contribution >= 4 is 49.3 Å². The van der Waals surface area contributed by atoms with Gasteiger partial charge in [-0.25, -0.2) is 0 Å². The van der Waals surface area contributed by atoms with E-state index in [1.165, 1.54) is 93.8 Å². The third-order valence-electron chi connectivity index (χ3n) is 13.0. The van der Waals surface area contributed by atoms with Crippen LogP contribution in [0.1, 0.15) is 35.1 Å². The number of hydrogen-bond donors (Lipinski definition) is 0. The third-order valence-corrected chi connectivity index (χ3v) is 13.0. The molecule has 3 aliphatic rings. The van der Waals surface area contributed by atoms with Crippen LogP contribution in [0.15, 0.2) is 194 Å². The fraction of sp³-hybridized carbons (Fsp3) is 0.0545. The van der Waals surface area contributed by atoms with Gasteiger partial charge in [-0.15, -0.1) is 0 Å². The van der Waals surface area contributed by atoms with Gasteiger partial charge in [-0.2, -0.15) is 0 Å². The van der Waals surface area contributed by atoms with E-state index in [4.69, 9.17) is 4.74 Å². The van der Waals surface area contributed by atoms with Gasteiger partial charge < -0.3 is 13.9 Å². The standard InChI is InChI=1S/C55H36N2O/c1-2-14-37(15-3-1)57-51-31-28-36(35-26-29-38(30-27-35)56-49-22-10-5-17-40(49)41-18-6-11-23-50(41)56)32-43(51)44-33-42-39-16-4-7-19-45(39)55(48(42)34-52(44)57)46-20-8-12-24-53(46)58-54-25-13-9-21-47(54)55/h1-2,4-14,16-34H,3,15H2. The number of rotatable bonds is 3. The highest BCUT2D eigenvalue weighted by Crippen LogP contribution is 2.62. The maximum Gasteiger partial charge on any atom is 0.132 e. The minimum atomic E-state index is -0.517. The Morgan fingerprint density at radius 1 is 0.431 bits per heavy atom. The average Bonchev–Trinajstić information content (AvgIpc) is 3.90. The molecule has 0 bridgehead atoms. The van der Waals surface area contributed by atoms with E-state index in [1.54, 1.807) is 0 Å². The van der Waals surface area contributed by atoms with Gasteiger partial charge in [-0.3, -0.25) is 0 Å². The second kappa shape index (κ2) is 11.8. The van der Waals surface area contributed by atoms with Crippen LogP contribution in [0.3, 0.4) is 0 Å². The van der Waals surface area contributed by atoms with Gasteiger partial charge in [0, 0.05) is 44.1 Å². The Kier molecular flexibility index (Phi) is 6.49. The lowest BCUT2D eigenvalue weighted by molar-refractivity contribution is 0.436. The molecule has 58 heavy (non-hydrogen) atoms. The monoisotopic (exact) mass is 740 g/mol. The number of benzene rings is 8. The lowest BCUT2D eigenvalue weighted by Crippen LogP contribution is -2.32. The van der Waals surface area contributed by atoms with Crippen molar-refractivity contribution in [3.63, 3.8) is 0 Å². The van der Waals surface area contributed by atoms with Crippen molar-refractivity contribution in [2.45, 2.75) is 18.3 Å². The van der Waals surface area contributed by atoms with Gasteiger partial charge in [0.2, 0.25) is 0 Å². The molecule has 3 nitrogen and oxygen atoms in total. The van der Waals surface area contributed by atoms with Crippen molar-refractivity contribution in [2.24, 2.45) is 0 Å². The van der Waals surface area contributed by atoms with E-state index in [0.717, 1.165) is 30.0 Å². The second-order valence-electron chi connectivity index (χ2n) is 15.9. The summed E-state index contributed by atoms with van der Waals surface area (Å²) >= 11 is 0. The van der Waals surface area contributed by atoms with Gasteiger partial charge in [0.05, 0.1) is 27.5 Å². The summed E-state index contributed by atoms with van der Waals surface area (Å²) in [6.45, 7) is 0. The highest BCUT2D eigenvalue weighted by Gasteiger charge is 2.51. The van der Waals surface area contributed by atoms with Crippen LogP contribution in [0.5, 0.6) is 11.5 Å². The first kappa shape index (κ1) is 31.8. The first-order chi connectivity index (χ1) is 28.8. The Hall–Kier alpha value is -7.36. The Morgan fingerprint density at radius 2 is 1.03 bits per heavy atom.